The summed E-state index contributed by atoms with van der Waals surface area (Å²) in [6.45, 7) is 0.0606. The molecular formula is C13H13N3O5. The van der Waals surface area contributed by atoms with Gasteiger partial charge in [0.15, 0.2) is 0 Å². The molecule has 4 amide bonds. The first-order valence-electron chi connectivity index (χ1n) is 6.12. The molecule has 0 saturated carbocycles. The fraction of sp³-hybridized carbons (Fsp3) is 0.231. The Hall–Kier alpha value is -2.90. The van der Waals surface area contributed by atoms with E-state index in [0.29, 0.717) is 5.69 Å². The molecule has 0 aromatic heterocycles. The summed E-state index contributed by atoms with van der Waals surface area (Å²) in [4.78, 5) is 46.4. The third-order valence-electron chi connectivity index (χ3n) is 2.99. The lowest BCUT2D eigenvalue weighted by atomic mass is 10.1. The predicted octanol–water partition coefficient (Wildman–Crippen LogP) is 0.509. The van der Waals surface area contributed by atoms with Crippen molar-refractivity contribution in [3.05, 3.63) is 29.3 Å². The highest BCUT2D eigenvalue weighted by Gasteiger charge is 2.26. The number of amides is 4. The number of anilines is 1. The monoisotopic (exact) mass is 291 g/mol. The van der Waals surface area contributed by atoms with Crippen molar-refractivity contribution >= 4 is 29.5 Å². The summed E-state index contributed by atoms with van der Waals surface area (Å²) in [5, 5.41) is 13.2. The van der Waals surface area contributed by atoms with Crippen LogP contribution in [0.1, 0.15) is 27.1 Å². The van der Waals surface area contributed by atoms with E-state index < -0.39 is 23.8 Å². The summed E-state index contributed by atoms with van der Waals surface area (Å²) in [5.41, 5.74) is 0.814. The molecule has 3 N–H and O–H groups in total. The maximum absolute atomic E-state index is 11.8. The first kappa shape index (κ1) is 14.5. The maximum Gasteiger partial charge on any atom is 0.321 e. The van der Waals surface area contributed by atoms with Crippen LogP contribution in [0.2, 0.25) is 0 Å². The zero-order chi connectivity index (χ0) is 15.6. The predicted molar refractivity (Wildman–Crippen MR) is 72.1 cm³/mol. The number of carboxylic acids is 1. The van der Waals surface area contributed by atoms with Crippen LogP contribution in [-0.4, -0.2) is 47.4 Å². The Morgan fingerprint density at radius 1 is 1.24 bits per heavy atom. The molecule has 0 fully saturated rings. The SMILES string of the molecule is CN(CCC(=O)O)C(=O)Nc1ccc2c(c1)C(=O)NC2=O. The van der Waals surface area contributed by atoms with Crippen molar-refractivity contribution in [1.82, 2.24) is 10.2 Å². The van der Waals surface area contributed by atoms with Gasteiger partial charge < -0.3 is 15.3 Å². The molecule has 1 aliphatic heterocycles. The van der Waals surface area contributed by atoms with Crippen LogP contribution in [0.5, 0.6) is 0 Å². The summed E-state index contributed by atoms with van der Waals surface area (Å²) < 4.78 is 0. The van der Waals surface area contributed by atoms with Crippen LogP contribution < -0.4 is 10.6 Å². The number of nitrogens with zero attached hydrogens (tertiary/aromatic N) is 1. The maximum atomic E-state index is 11.8. The molecule has 8 nitrogen and oxygen atoms in total. The first-order chi connectivity index (χ1) is 9.88. The lowest BCUT2D eigenvalue weighted by molar-refractivity contribution is -0.137. The Morgan fingerprint density at radius 2 is 1.90 bits per heavy atom. The molecule has 1 aromatic rings. The number of hydrogen-bond acceptors (Lipinski definition) is 4. The Kier molecular flexibility index (Phi) is 3.88. The lowest BCUT2D eigenvalue weighted by Gasteiger charge is -2.17. The molecule has 0 aliphatic carbocycles. The summed E-state index contributed by atoms with van der Waals surface area (Å²) in [6, 6.07) is 3.85. The van der Waals surface area contributed by atoms with Crippen LogP contribution in [0, 0.1) is 0 Å². The Balaban J connectivity index is 2.05. The summed E-state index contributed by atoms with van der Waals surface area (Å²) >= 11 is 0. The van der Waals surface area contributed by atoms with Crippen LogP contribution in [0.3, 0.4) is 0 Å². The smallest absolute Gasteiger partial charge is 0.321 e. The van der Waals surface area contributed by atoms with Crippen molar-refractivity contribution in [2.45, 2.75) is 6.42 Å². The first-order valence-corrected chi connectivity index (χ1v) is 6.12. The average molecular weight is 291 g/mol. The van der Waals surface area contributed by atoms with Crippen LogP contribution in [-0.2, 0) is 4.79 Å². The van der Waals surface area contributed by atoms with Gasteiger partial charge in [-0.2, -0.15) is 0 Å². The second-order valence-corrected chi connectivity index (χ2v) is 4.54. The Bertz CT molecular complexity index is 641. The molecule has 0 unspecified atom stereocenters. The van der Waals surface area contributed by atoms with Crippen LogP contribution in [0.15, 0.2) is 18.2 Å². The van der Waals surface area contributed by atoms with Crippen LogP contribution in [0.25, 0.3) is 0 Å². The molecule has 1 aliphatic rings. The number of aliphatic carboxylic acids is 1. The number of fused-ring (bicyclic) bond motifs is 1. The van der Waals surface area contributed by atoms with Crippen LogP contribution in [0.4, 0.5) is 10.5 Å². The van der Waals surface area contributed by atoms with Crippen molar-refractivity contribution < 1.29 is 24.3 Å². The normalized spacial score (nSPS) is 12.6. The number of carboxylic acid groups (broad SMARTS) is 1. The van der Waals surface area contributed by atoms with Crippen molar-refractivity contribution in [1.29, 1.82) is 0 Å². The van der Waals surface area contributed by atoms with Gasteiger partial charge in [0.2, 0.25) is 0 Å². The van der Waals surface area contributed by atoms with Gasteiger partial charge in [-0.25, -0.2) is 4.79 Å². The lowest BCUT2D eigenvalue weighted by Crippen LogP contribution is -2.33. The van der Waals surface area contributed by atoms with Gasteiger partial charge in [0.05, 0.1) is 17.5 Å². The zero-order valence-electron chi connectivity index (χ0n) is 11.2. The number of imide groups is 1. The minimum atomic E-state index is -0.998. The number of benzene rings is 1. The van der Waals surface area contributed by atoms with Gasteiger partial charge in [0, 0.05) is 19.3 Å². The number of nitrogens with one attached hydrogen (secondary N) is 2. The summed E-state index contributed by atoms with van der Waals surface area (Å²) in [5.74, 6) is -1.97. The topological polar surface area (TPSA) is 116 Å². The van der Waals surface area contributed by atoms with E-state index in [0.717, 1.165) is 0 Å². The number of carbonyl (C=O) groups excluding carboxylic acids is 3. The third kappa shape index (κ3) is 3.16. The van der Waals surface area contributed by atoms with Crippen molar-refractivity contribution in [3.63, 3.8) is 0 Å². The molecule has 0 saturated heterocycles. The molecule has 2 rings (SSSR count). The number of carbonyl (C=O) groups is 4. The summed E-state index contributed by atoms with van der Waals surface area (Å²) in [7, 11) is 1.46. The fourth-order valence-corrected chi connectivity index (χ4v) is 1.83. The molecule has 0 atom stereocenters. The van der Waals surface area contributed by atoms with Gasteiger partial charge in [0.1, 0.15) is 0 Å². The van der Waals surface area contributed by atoms with Gasteiger partial charge in [-0.3, -0.25) is 19.7 Å². The minimum absolute atomic E-state index is 0.0606. The van der Waals surface area contributed by atoms with Gasteiger partial charge in [-0.05, 0) is 18.2 Å². The number of rotatable bonds is 4. The van der Waals surface area contributed by atoms with Gasteiger partial charge in [-0.15, -0.1) is 0 Å². The highest BCUT2D eigenvalue weighted by Crippen LogP contribution is 2.20. The number of hydrogen-bond donors (Lipinski definition) is 3. The quantitative estimate of drug-likeness (QED) is 0.699. The van der Waals surface area contributed by atoms with E-state index in [9.17, 15) is 19.2 Å². The standard InChI is InChI=1S/C13H13N3O5/c1-16(5-4-10(17)18)13(21)14-7-2-3-8-9(6-7)12(20)15-11(8)19/h2-3,6H,4-5H2,1H3,(H,14,21)(H,17,18)(H,15,19,20). The largest absolute Gasteiger partial charge is 0.481 e. The molecule has 0 radical (unpaired) electrons. The Labute approximate surface area is 119 Å². The van der Waals surface area contributed by atoms with E-state index >= 15 is 0 Å². The minimum Gasteiger partial charge on any atom is -0.481 e. The Morgan fingerprint density at radius 3 is 2.57 bits per heavy atom. The van der Waals surface area contributed by atoms with E-state index in [4.69, 9.17) is 5.11 Å². The summed E-state index contributed by atoms with van der Waals surface area (Å²) in [6.07, 6.45) is -0.162. The van der Waals surface area contributed by atoms with E-state index in [-0.39, 0.29) is 24.1 Å². The fourth-order valence-electron chi connectivity index (χ4n) is 1.83. The third-order valence-corrected chi connectivity index (χ3v) is 2.99. The zero-order valence-corrected chi connectivity index (χ0v) is 11.2. The molecule has 21 heavy (non-hydrogen) atoms. The van der Waals surface area contributed by atoms with E-state index in [1.54, 1.807) is 0 Å². The van der Waals surface area contributed by atoms with Crippen molar-refractivity contribution in [2.75, 3.05) is 18.9 Å². The molecular weight excluding hydrogens is 278 g/mol. The van der Waals surface area contributed by atoms with E-state index in [1.807, 2.05) is 0 Å². The van der Waals surface area contributed by atoms with Gasteiger partial charge in [0.25, 0.3) is 11.8 Å². The van der Waals surface area contributed by atoms with E-state index in [1.165, 1.54) is 30.1 Å². The van der Waals surface area contributed by atoms with Crippen molar-refractivity contribution in [2.24, 2.45) is 0 Å². The number of urea groups is 1. The van der Waals surface area contributed by atoms with Gasteiger partial charge in [-0.1, -0.05) is 0 Å². The molecule has 1 heterocycles. The highest BCUT2D eigenvalue weighted by molar-refractivity contribution is 6.22. The highest BCUT2D eigenvalue weighted by atomic mass is 16.4. The van der Waals surface area contributed by atoms with Crippen LogP contribution >= 0.6 is 0 Å². The molecule has 0 bridgehead atoms. The molecule has 0 spiro atoms. The van der Waals surface area contributed by atoms with E-state index in [2.05, 4.69) is 10.6 Å². The average Bonchev–Trinajstić information content (AvgIpc) is 2.71. The second kappa shape index (κ2) is 5.61. The van der Waals surface area contributed by atoms with Crippen molar-refractivity contribution in [3.8, 4) is 0 Å². The molecule has 110 valence electrons. The molecule has 8 heteroatoms. The molecule has 1 aromatic carbocycles. The second-order valence-electron chi connectivity index (χ2n) is 4.54. The van der Waals surface area contributed by atoms with Gasteiger partial charge >= 0.3 is 12.0 Å².